The third-order valence-corrected chi connectivity index (χ3v) is 3.31. The molecule has 21 heavy (non-hydrogen) atoms. The molecular formula is C13H14N2O6. The van der Waals surface area contributed by atoms with Crippen molar-refractivity contribution in [3.8, 4) is 5.75 Å². The summed E-state index contributed by atoms with van der Waals surface area (Å²) < 4.78 is 5.46. The Hall–Kier alpha value is -2.64. The molecule has 0 radical (unpaired) electrons. The lowest BCUT2D eigenvalue weighted by Crippen LogP contribution is -2.52. The molecule has 0 aliphatic carbocycles. The normalized spacial score (nSPS) is 18.7. The Bertz CT molecular complexity index is 615. The zero-order valence-electron chi connectivity index (χ0n) is 11.5. The van der Waals surface area contributed by atoms with Gasteiger partial charge >= 0.3 is 5.97 Å². The van der Waals surface area contributed by atoms with E-state index in [0.29, 0.717) is 6.42 Å². The van der Waals surface area contributed by atoms with E-state index in [4.69, 9.17) is 9.84 Å². The van der Waals surface area contributed by atoms with Crippen LogP contribution in [0.4, 0.5) is 11.4 Å². The van der Waals surface area contributed by atoms with Crippen molar-refractivity contribution in [2.45, 2.75) is 32.4 Å². The maximum atomic E-state index is 12.3. The van der Waals surface area contributed by atoms with Crippen molar-refractivity contribution in [2.75, 3.05) is 4.90 Å². The molecule has 112 valence electrons. The number of benzene rings is 1. The van der Waals surface area contributed by atoms with Crippen molar-refractivity contribution < 1.29 is 24.4 Å². The Labute approximate surface area is 120 Å². The SMILES string of the molecule is CCC1Oc2cc([N+](=O)[O-])ccc2N(C(C)C(=O)O)C1=O. The third kappa shape index (κ3) is 2.51. The van der Waals surface area contributed by atoms with Crippen LogP contribution >= 0.6 is 0 Å². The molecule has 2 rings (SSSR count). The standard InChI is InChI=1S/C13H14N2O6/c1-3-10-12(16)14(7(2)13(17)18)9-5-4-8(15(19)20)6-11(9)21-10/h4-7,10H,3H2,1-2H3,(H,17,18). The zero-order valence-corrected chi connectivity index (χ0v) is 11.5. The third-order valence-electron chi connectivity index (χ3n) is 3.31. The van der Waals surface area contributed by atoms with Gasteiger partial charge in [0.2, 0.25) is 0 Å². The van der Waals surface area contributed by atoms with Gasteiger partial charge in [0.25, 0.3) is 11.6 Å². The summed E-state index contributed by atoms with van der Waals surface area (Å²) in [6, 6.07) is 2.65. The Morgan fingerprint density at radius 2 is 2.24 bits per heavy atom. The minimum absolute atomic E-state index is 0.142. The van der Waals surface area contributed by atoms with E-state index in [1.807, 2.05) is 0 Å². The number of carboxylic acid groups (broad SMARTS) is 1. The average molecular weight is 294 g/mol. The zero-order chi connectivity index (χ0) is 15.7. The van der Waals surface area contributed by atoms with E-state index in [1.165, 1.54) is 25.1 Å². The lowest BCUT2D eigenvalue weighted by atomic mass is 10.1. The van der Waals surface area contributed by atoms with E-state index >= 15 is 0 Å². The Morgan fingerprint density at radius 3 is 2.76 bits per heavy atom. The second-order valence-corrected chi connectivity index (χ2v) is 4.65. The van der Waals surface area contributed by atoms with Crippen LogP contribution in [-0.2, 0) is 9.59 Å². The van der Waals surface area contributed by atoms with Crippen molar-refractivity contribution >= 4 is 23.3 Å². The maximum absolute atomic E-state index is 12.3. The van der Waals surface area contributed by atoms with Crippen molar-refractivity contribution in [2.24, 2.45) is 0 Å². The van der Waals surface area contributed by atoms with Gasteiger partial charge in [-0.3, -0.25) is 19.8 Å². The van der Waals surface area contributed by atoms with Crippen molar-refractivity contribution in [1.29, 1.82) is 0 Å². The number of non-ortho nitro benzene ring substituents is 1. The molecule has 0 fully saturated rings. The number of rotatable bonds is 4. The number of amides is 1. The molecule has 0 bridgehead atoms. The van der Waals surface area contributed by atoms with E-state index in [9.17, 15) is 19.7 Å². The number of carbonyl (C=O) groups is 2. The van der Waals surface area contributed by atoms with Gasteiger partial charge in [-0.2, -0.15) is 0 Å². The first-order valence-corrected chi connectivity index (χ1v) is 6.37. The molecule has 1 aromatic carbocycles. The van der Waals surface area contributed by atoms with Gasteiger partial charge in [-0.05, 0) is 19.4 Å². The summed E-state index contributed by atoms with van der Waals surface area (Å²) in [7, 11) is 0. The van der Waals surface area contributed by atoms with Crippen LogP contribution in [0.1, 0.15) is 20.3 Å². The van der Waals surface area contributed by atoms with E-state index < -0.39 is 28.9 Å². The topological polar surface area (TPSA) is 110 Å². The Kier molecular flexibility index (Phi) is 3.79. The van der Waals surface area contributed by atoms with Crippen LogP contribution in [-0.4, -0.2) is 34.1 Å². The average Bonchev–Trinajstić information content (AvgIpc) is 2.45. The van der Waals surface area contributed by atoms with Gasteiger partial charge in [0.1, 0.15) is 6.04 Å². The molecular weight excluding hydrogens is 280 g/mol. The Morgan fingerprint density at radius 1 is 1.57 bits per heavy atom. The second-order valence-electron chi connectivity index (χ2n) is 4.65. The molecule has 1 N–H and O–H groups in total. The molecule has 0 spiro atoms. The van der Waals surface area contributed by atoms with Crippen molar-refractivity contribution in [3.63, 3.8) is 0 Å². The summed E-state index contributed by atoms with van der Waals surface area (Å²) in [6.07, 6.45) is -0.509. The molecule has 0 saturated carbocycles. The number of anilines is 1. The Balaban J connectivity index is 2.54. The fourth-order valence-corrected chi connectivity index (χ4v) is 2.16. The number of hydrogen-bond donors (Lipinski definition) is 1. The lowest BCUT2D eigenvalue weighted by Gasteiger charge is -2.35. The molecule has 1 heterocycles. The van der Waals surface area contributed by atoms with Crippen molar-refractivity contribution in [1.82, 2.24) is 0 Å². The molecule has 1 amide bonds. The van der Waals surface area contributed by atoms with Gasteiger partial charge < -0.3 is 9.84 Å². The highest BCUT2D eigenvalue weighted by molar-refractivity contribution is 6.04. The number of fused-ring (bicyclic) bond motifs is 1. The molecule has 8 nitrogen and oxygen atoms in total. The van der Waals surface area contributed by atoms with Crippen LogP contribution in [0.15, 0.2) is 18.2 Å². The number of aliphatic carboxylic acids is 1. The number of carbonyl (C=O) groups excluding carboxylic acids is 1. The molecule has 1 aliphatic heterocycles. The largest absolute Gasteiger partial charge is 0.480 e. The fraction of sp³-hybridized carbons (Fsp3) is 0.385. The molecule has 0 saturated heterocycles. The van der Waals surface area contributed by atoms with E-state index in [0.717, 1.165) is 4.90 Å². The first-order valence-electron chi connectivity index (χ1n) is 6.37. The van der Waals surface area contributed by atoms with Crippen LogP contribution in [0, 0.1) is 10.1 Å². The van der Waals surface area contributed by atoms with Gasteiger partial charge in [-0.1, -0.05) is 6.92 Å². The number of ether oxygens (including phenoxy) is 1. The molecule has 2 atom stereocenters. The molecule has 1 aliphatic rings. The maximum Gasteiger partial charge on any atom is 0.326 e. The van der Waals surface area contributed by atoms with Gasteiger partial charge in [-0.25, -0.2) is 4.79 Å². The quantitative estimate of drug-likeness (QED) is 0.666. The van der Waals surface area contributed by atoms with Crippen LogP contribution < -0.4 is 9.64 Å². The highest BCUT2D eigenvalue weighted by atomic mass is 16.6. The highest BCUT2D eigenvalue weighted by Gasteiger charge is 2.39. The molecule has 1 aromatic rings. The first kappa shape index (κ1) is 14.8. The minimum Gasteiger partial charge on any atom is -0.480 e. The second kappa shape index (κ2) is 5.39. The number of nitrogens with zero attached hydrogens (tertiary/aromatic N) is 2. The molecule has 2 unspecified atom stereocenters. The van der Waals surface area contributed by atoms with Crippen LogP contribution in [0.2, 0.25) is 0 Å². The van der Waals surface area contributed by atoms with Gasteiger partial charge in [0, 0.05) is 6.07 Å². The number of nitro benzene ring substituents is 1. The predicted octanol–water partition coefficient (Wildman–Crippen LogP) is 1.57. The van der Waals surface area contributed by atoms with Gasteiger partial charge in [-0.15, -0.1) is 0 Å². The first-order chi connectivity index (χ1) is 9.86. The minimum atomic E-state index is -1.16. The van der Waals surface area contributed by atoms with E-state index in [-0.39, 0.29) is 17.1 Å². The summed E-state index contributed by atoms with van der Waals surface area (Å²) in [5, 5.41) is 19.9. The lowest BCUT2D eigenvalue weighted by molar-refractivity contribution is -0.384. The van der Waals surface area contributed by atoms with E-state index in [1.54, 1.807) is 6.92 Å². The van der Waals surface area contributed by atoms with Crippen LogP contribution in [0.25, 0.3) is 0 Å². The number of carboxylic acids is 1. The summed E-state index contributed by atoms with van der Waals surface area (Å²) in [6.45, 7) is 3.10. The highest BCUT2D eigenvalue weighted by Crippen LogP contribution is 2.38. The van der Waals surface area contributed by atoms with Crippen LogP contribution in [0.5, 0.6) is 5.75 Å². The fourth-order valence-electron chi connectivity index (χ4n) is 2.16. The summed E-state index contributed by atoms with van der Waals surface area (Å²) in [4.78, 5) is 34.8. The monoisotopic (exact) mass is 294 g/mol. The number of hydrogen-bond acceptors (Lipinski definition) is 5. The predicted molar refractivity (Wildman–Crippen MR) is 72.4 cm³/mol. The van der Waals surface area contributed by atoms with Crippen molar-refractivity contribution in [3.05, 3.63) is 28.3 Å². The molecule has 0 aromatic heterocycles. The van der Waals surface area contributed by atoms with Gasteiger partial charge in [0.05, 0.1) is 16.7 Å². The van der Waals surface area contributed by atoms with Crippen LogP contribution in [0.3, 0.4) is 0 Å². The number of nitro groups is 1. The summed E-state index contributed by atoms with van der Waals surface area (Å²) in [5.41, 5.74) is 0.0473. The van der Waals surface area contributed by atoms with Gasteiger partial charge in [0.15, 0.2) is 11.9 Å². The molecule has 8 heteroatoms. The van der Waals surface area contributed by atoms with E-state index in [2.05, 4.69) is 0 Å². The summed E-state index contributed by atoms with van der Waals surface area (Å²) in [5.74, 6) is -1.48. The smallest absolute Gasteiger partial charge is 0.326 e. The summed E-state index contributed by atoms with van der Waals surface area (Å²) >= 11 is 0.